The van der Waals surface area contributed by atoms with Gasteiger partial charge in [-0.3, -0.25) is 4.79 Å². The van der Waals surface area contributed by atoms with Crippen LogP contribution >= 0.6 is 0 Å². The minimum absolute atomic E-state index is 0.345. The van der Waals surface area contributed by atoms with E-state index in [-0.39, 0.29) is 5.91 Å². The van der Waals surface area contributed by atoms with E-state index in [0.29, 0.717) is 17.5 Å². The van der Waals surface area contributed by atoms with Crippen molar-refractivity contribution in [3.05, 3.63) is 29.8 Å². The number of anilines is 1. The number of primary amides is 1. The molecule has 2 fully saturated rings. The van der Waals surface area contributed by atoms with Gasteiger partial charge in [0.2, 0.25) is 0 Å². The van der Waals surface area contributed by atoms with E-state index < -0.39 is 0 Å². The number of hydrogen-bond acceptors (Lipinski definition) is 3. The monoisotopic (exact) mass is 259 g/mol. The summed E-state index contributed by atoms with van der Waals surface area (Å²) in [5, 5.41) is 0. The van der Waals surface area contributed by atoms with Crippen molar-refractivity contribution in [1.29, 1.82) is 0 Å². The van der Waals surface area contributed by atoms with Gasteiger partial charge in [-0.15, -0.1) is 0 Å². The molecular weight excluding hydrogens is 238 g/mol. The van der Waals surface area contributed by atoms with Crippen LogP contribution in [0.15, 0.2) is 24.3 Å². The van der Waals surface area contributed by atoms with Crippen LogP contribution in [-0.2, 0) is 0 Å². The number of nitrogens with two attached hydrogens (primary N) is 2. The molecule has 1 aromatic rings. The van der Waals surface area contributed by atoms with Crippen molar-refractivity contribution in [1.82, 2.24) is 0 Å². The summed E-state index contributed by atoms with van der Waals surface area (Å²) in [6.07, 6.45) is 3.45. The molecule has 1 saturated carbocycles. The summed E-state index contributed by atoms with van der Waals surface area (Å²) in [7, 11) is 0. The maximum absolute atomic E-state index is 11.5. The van der Waals surface area contributed by atoms with E-state index in [1.807, 2.05) is 24.3 Å². The van der Waals surface area contributed by atoms with Crippen molar-refractivity contribution < 1.29 is 4.79 Å². The van der Waals surface area contributed by atoms with Crippen molar-refractivity contribution in [2.24, 2.45) is 23.3 Å². The van der Waals surface area contributed by atoms with E-state index in [2.05, 4.69) is 4.90 Å². The van der Waals surface area contributed by atoms with Crippen LogP contribution in [0, 0.1) is 11.8 Å². The fraction of sp³-hybridized carbons (Fsp3) is 0.533. The Kier molecular flexibility index (Phi) is 3.19. The summed E-state index contributed by atoms with van der Waals surface area (Å²) >= 11 is 0. The molecule has 1 saturated heterocycles. The molecule has 2 aliphatic rings. The lowest BCUT2D eigenvalue weighted by molar-refractivity contribution is 0.100. The van der Waals surface area contributed by atoms with Gasteiger partial charge in [-0.1, -0.05) is 12.1 Å². The normalized spacial score (nSPS) is 30.2. The molecule has 19 heavy (non-hydrogen) atoms. The quantitative estimate of drug-likeness (QED) is 0.842. The van der Waals surface area contributed by atoms with Gasteiger partial charge in [0, 0.05) is 24.8 Å². The Morgan fingerprint density at radius 2 is 1.89 bits per heavy atom. The Hall–Kier alpha value is -1.55. The number of carbonyl (C=O) groups excluding carboxylic acids is 1. The third-order valence-corrected chi connectivity index (χ3v) is 4.60. The highest BCUT2D eigenvalue weighted by Crippen LogP contribution is 2.38. The fourth-order valence-electron chi connectivity index (χ4n) is 3.62. The van der Waals surface area contributed by atoms with Crippen molar-refractivity contribution in [2.75, 3.05) is 18.0 Å². The van der Waals surface area contributed by atoms with Crippen LogP contribution in [0.1, 0.15) is 29.6 Å². The Morgan fingerprint density at radius 1 is 1.16 bits per heavy atom. The number of fused-ring (bicyclic) bond motifs is 1. The highest BCUT2D eigenvalue weighted by Gasteiger charge is 2.37. The molecule has 1 unspecified atom stereocenters. The fourth-order valence-corrected chi connectivity index (χ4v) is 3.62. The average molecular weight is 259 g/mol. The highest BCUT2D eigenvalue weighted by atomic mass is 16.1. The van der Waals surface area contributed by atoms with Gasteiger partial charge in [-0.05, 0) is 43.2 Å². The Labute approximate surface area is 113 Å². The molecule has 102 valence electrons. The van der Waals surface area contributed by atoms with Crippen molar-refractivity contribution in [3.63, 3.8) is 0 Å². The summed E-state index contributed by atoms with van der Waals surface area (Å²) in [5.74, 6) is 1.05. The molecule has 4 N–H and O–H groups in total. The molecule has 4 heteroatoms. The number of nitrogens with zero attached hydrogens (tertiary/aromatic N) is 1. The number of hydrogen-bond donors (Lipinski definition) is 2. The van der Waals surface area contributed by atoms with Gasteiger partial charge in [-0.2, -0.15) is 0 Å². The second kappa shape index (κ2) is 4.85. The zero-order valence-electron chi connectivity index (χ0n) is 11.1. The smallest absolute Gasteiger partial charge is 0.250 e. The first-order chi connectivity index (χ1) is 9.15. The summed E-state index contributed by atoms with van der Waals surface area (Å²) in [6, 6.07) is 7.99. The standard InChI is InChI=1S/C15H21N3O/c16-12-6-5-10-8-18(9-11(10)7-12)14-4-2-1-3-13(14)15(17)19/h1-4,10-12H,5-9,16H2,(H2,17,19)/t10-,11+,12?/m1/s1. The van der Waals surface area contributed by atoms with E-state index in [1.165, 1.54) is 6.42 Å². The van der Waals surface area contributed by atoms with Crippen LogP contribution < -0.4 is 16.4 Å². The first kappa shape index (κ1) is 12.5. The number of rotatable bonds is 2. The van der Waals surface area contributed by atoms with Gasteiger partial charge in [0.1, 0.15) is 0 Å². The Morgan fingerprint density at radius 3 is 2.68 bits per heavy atom. The van der Waals surface area contributed by atoms with E-state index in [4.69, 9.17) is 11.5 Å². The third-order valence-electron chi connectivity index (χ3n) is 4.60. The van der Waals surface area contributed by atoms with Crippen molar-refractivity contribution in [2.45, 2.75) is 25.3 Å². The zero-order valence-corrected chi connectivity index (χ0v) is 11.1. The van der Waals surface area contributed by atoms with Crippen LogP contribution in [0.5, 0.6) is 0 Å². The lowest BCUT2D eigenvalue weighted by atomic mass is 9.79. The average Bonchev–Trinajstić information content (AvgIpc) is 2.81. The molecule has 0 radical (unpaired) electrons. The molecule has 1 heterocycles. The minimum Gasteiger partial charge on any atom is -0.370 e. The van der Waals surface area contributed by atoms with Crippen LogP contribution in [0.3, 0.4) is 0 Å². The minimum atomic E-state index is -0.345. The first-order valence-corrected chi connectivity index (χ1v) is 7.04. The summed E-state index contributed by atoms with van der Waals surface area (Å²) in [5.41, 5.74) is 13.1. The molecule has 3 atom stereocenters. The zero-order chi connectivity index (χ0) is 13.4. The highest BCUT2D eigenvalue weighted by molar-refractivity contribution is 5.98. The van der Waals surface area contributed by atoms with Gasteiger partial charge in [0.15, 0.2) is 0 Å². The predicted octanol–water partition coefficient (Wildman–Crippen LogP) is 1.35. The molecule has 1 amide bonds. The topological polar surface area (TPSA) is 72.4 Å². The van der Waals surface area contributed by atoms with E-state index >= 15 is 0 Å². The van der Waals surface area contributed by atoms with Crippen molar-refractivity contribution in [3.8, 4) is 0 Å². The van der Waals surface area contributed by atoms with Crippen LogP contribution in [0.2, 0.25) is 0 Å². The lowest BCUT2D eigenvalue weighted by Crippen LogP contribution is -2.32. The molecule has 4 nitrogen and oxygen atoms in total. The maximum Gasteiger partial charge on any atom is 0.250 e. The van der Waals surface area contributed by atoms with E-state index in [1.54, 1.807) is 0 Å². The predicted molar refractivity (Wildman–Crippen MR) is 76.0 cm³/mol. The second-order valence-electron chi connectivity index (χ2n) is 5.88. The summed E-state index contributed by atoms with van der Waals surface area (Å²) < 4.78 is 0. The molecular formula is C15H21N3O. The summed E-state index contributed by atoms with van der Waals surface area (Å²) in [4.78, 5) is 13.8. The maximum atomic E-state index is 11.5. The van der Waals surface area contributed by atoms with E-state index in [9.17, 15) is 4.79 Å². The molecule has 1 aromatic carbocycles. The number of amides is 1. The number of carbonyl (C=O) groups is 1. The summed E-state index contributed by atoms with van der Waals surface area (Å²) in [6.45, 7) is 2.03. The van der Waals surface area contributed by atoms with E-state index in [0.717, 1.165) is 37.5 Å². The van der Waals surface area contributed by atoms with Crippen molar-refractivity contribution >= 4 is 11.6 Å². The van der Waals surface area contributed by atoms with Gasteiger partial charge < -0.3 is 16.4 Å². The van der Waals surface area contributed by atoms with Crippen LogP contribution in [0.25, 0.3) is 0 Å². The number of para-hydroxylation sites is 1. The molecule has 0 spiro atoms. The second-order valence-corrected chi connectivity index (χ2v) is 5.88. The largest absolute Gasteiger partial charge is 0.370 e. The van der Waals surface area contributed by atoms with Gasteiger partial charge in [-0.25, -0.2) is 0 Å². The van der Waals surface area contributed by atoms with Crippen LogP contribution in [-0.4, -0.2) is 25.0 Å². The Balaban J connectivity index is 1.83. The van der Waals surface area contributed by atoms with Gasteiger partial charge >= 0.3 is 0 Å². The van der Waals surface area contributed by atoms with Gasteiger partial charge in [0.05, 0.1) is 5.56 Å². The molecule has 1 aliphatic carbocycles. The first-order valence-electron chi connectivity index (χ1n) is 7.04. The third kappa shape index (κ3) is 2.32. The molecule has 0 aromatic heterocycles. The number of benzene rings is 1. The van der Waals surface area contributed by atoms with Gasteiger partial charge in [0.25, 0.3) is 5.91 Å². The molecule has 1 aliphatic heterocycles. The Bertz CT molecular complexity index is 488. The SMILES string of the molecule is NC(=O)c1ccccc1N1C[C@H]2CCC(N)C[C@H]2C1. The molecule has 3 rings (SSSR count). The lowest BCUT2D eigenvalue weighted by Gasteiger charge is -2.27. The molecule has 0 bridgehead atoms. The van der Waals surface area contributed by atoms with Crippen LogP contribution in [0.4, 0.5) is 5.69 Å².